The van der Waals surface area contributed by atoms with Crippen molar-refractivity contribution in [3.05, 3.63) is 66.5 Å². The van der Waals surface area contributed by atoms with E-state index >= 15 is 0 Å². The Hall–Kier alpha value is -3.61. The van der Waals surface area contributed by atoms with Gasteiger partial charge < -0.3 is 20.1 Å². The van der Waals surface area contributed by atoms with Crippen molar-refractivity contribution in [2.45, 2.75) is 0 Å². The number of benzene rings is 2. The Morgan fingerprint density at radius 3 is 1.81 bits per heavy atom. The fraction of sp³-hybridized carbons (Fsp3) is 0.105. The first-order chi connectivity index (χ1) is 12.7. The fourth-order valence-corrected chi connectivity index (χ4v) is 2.19. The van der Waals surface area contributed by atoms with Crippen molar-refractivity contribution < 1.29 is 14.3 Å². The first-order valence-corrected chi connectivity index (χ1v) is 7.86. The van der Waals surface area contributed by atoms with Gasteiger partial charge in [0.1, 0.15) is 11.5 Å². The predicted molar refractivity (Wildman–Crippen MR) is 99.3 cm³/mol. The highest BCUT2D eigenvalue weighted by Crippen LogP contribution is 2.18. The molecule has 0 atom stereocenters. The highest BCUT2D eigenvalue weighted by atomic mass is 16.5. The molecule has 0 aliphatic heterocycles. The molecule has 1 heterocycles. The molecule has 1 amide bonds. The fourth-order valence-electron chi connectivity index (χ4n) is 2.19. The molecule has 0 unspecified atom stereocenters. The van der Waals surface area contributed by atoms with Crippen LogP contribution in [-0.2, 0) is 0 Å². The number of aromatic nitrogens is 2. The Morgan fingerprint density at radius 2 is 1.31 bits per heavy atom. The Bertz CT molecular complexity index is 863. The summed E-state index contributed by atoms with van der Waals surface area (Å²) < 4.78 is 10.2. The van der Waals surface area contributed by atoms with Gasteiger partial charge in [0.05, 0.1) is 19.8 Å². The number of rotatable bonds is 6. The maximum Gasteiger partial charge on any atom is 0.258 e. The van der Waals surface area contributed by atoms with Crippen LogP contribution < -0.4 is 20.1 Å². The van der Waals surface area contributed by atoms with Gasteiger partial charge in [0.25, 0.3) is 5.91 Å². The first kappa shape index (κ1) is 17.2. The van der Waals surface area contributed by atoms with Crippen molar-refractivity contribution in [1.82, 2.24) is 9.97 Å². The van der Waals surface area contributed by atoms with Gasteiger partial charge in [-0.1, -0.05) is 0 Å². The van der Waals surface area contributed by atoms with Crippen molar-refractivity contribution in [2.75, 3.05) is 24.9 Å². The Balaban J connectivity index is 1.63. The van der Waals surface area contributed by atoms with E-state index in [-0.39, 0.29) is 5.91 Å². The van der Waals surface area contributed by atoms with E-state index in [0.717, 1.165) is 17.2 Å². The van der Waals surface area contributed by atoms with Crippen molar-refractivity contribution in [2.24, 2.45) is 0 Å². The van der Waals surface area contributed by atoms with Gasteiger partial charge in [0, 0.05) is 23.8 Å². The van der Waals surface area contributed by atoms with Crippen LogP contribution in [0, 0.1) is 0 Å². The molecule has 0 spiro atoms. The highest BCUT2D eigenvalue weighted by Gasteiger charge is 2.08. The van der Waals surface area contributed by atoms with E-state index in [4.69, 9.17) is 9.47 Å². The zero-order valence-electron chi connectivity index (χ0n) is 14.4. The quantitative estimate of drug-likeness (QED) is 0.708. The zero-order chi connectivity index (χ0) is 18.4. The Morgan fingerprint density at radius 1 is 0.808 bits per heavy atom. The maximum absolute atomic E-state index is 12.3. The molecule has 0 bridgehead atoms. The summed E-state index contributed by atoms with van der Waals surface area (Å²) in [6, 6.07) is 14.4. The second-order valence-electron chi connectivity index (χ2n) is 5.33. The second-order valence-corrected chi connectivity index (χ2v) is 5.33. The smallest absolute Gasteiger partial charge is 0.258 e. The van der Waals surface area contributed by atoms with Crippen LogP contribution >= 0.6 is 0 Å². The minimum absolute atomic E-state index is 0.286. The lowest BCUT2D eigenvalue weighted by atomic mass is 10.2. The van der Waals surface area contributed by atoms with E-state index in [9.17, 15) is 4.79 Å². The summed E-state index contributed by atoms with van der Waals surface area (Å²) in [5.74, 6) is 1.60. The number of hydrogen-bond donors (Lipinski definition) is 2. The molecule has 3 aromatic rings. The summed E-state index contributed by atoms with van der Waals surface area (Å²) in [4.78, 5) is 20.6. The standard InChI is InChI=1S/C19H18N4O3/c1-25-16-7-3-14(4-8-16)22-18(24)13-11-20-19(21-12-13)23-15-5-9-17(26-2)10-6-15/h3-12H,1-2H3,(H,22,24)(H,20,21,23). The molecule has 0 aliphatic carbocycles. The summed E-state index contributed by atoms with van der Waals surface area (Å²) >= 11 is 0. The molecule has 0 radical (unpaired) electrons. The summed E-state index contributed by atoms with van der Waals surface area (Å²) in [5, 5.41) is 5.84. The molecule has 3 rings (SSSR count). The third-order valence-corrected chi connectivity index (χ3v) is 3.61. The van der Waals surface area contributed by atoms with E-state index in [2.05, 4.69) is 20.6 Å². The Kier molecular flexibility index (Phi) is 5.28. The number of nitrogens with one attached hydrogen (secondary N) is 2. The normalized spacial score (nSPS) is 10.1. The number of methoxy groups -OCH3 is 2. The van der Waals surface area contributed by atoms with E-state index in [0.29, 0.717) is 17.2 Å². The summed E-state index contributed by atoms with van der Waals surface area (Å²) in [6.45, 7) is 0. The predicted octanol–water partition coefficient (Wildman–Crippen LogP) is 3.49. The molecule has 0 saturated heterocycles. The largest absolute Gasteiger partial charge is 0.497 e. The van der Waals surface area contributed by atoms with Gasteiger partial charge in [-0.2, -0.15) is 0 Å². The van der Waals surface area contributed by atoms with Crippen LogP contribution in [0.1, 0.15) is 10.4 Å². The SMILES string of the molecule is COc1ccc(NC(=O)c2cnc(Nc3ccc(OC)cc3)nc2)cc1. The number of amides is 1. The minimum Gasteiger partial charge on any atom is -0.497 e. The average molecular weight is 350 g/mol. The molecule has 0 aliphatic rings. The number of carbonyl (C=O) groups is 1. The van der Waals surface area contributed by atoms with Crippen molar-refractivity contribution in [3.8, 4) is 11.5 Å². The first-order valence-electron chi connectivity index (χ1n) is 7.86. The third kappa shape index (κ3) is 4.27. The Labute approximate surface area is 151 Å². The maximum atomic E-state index is 12.3. The van der Waals surface area contributed by atoms with Gasteiger partial charge in [0.15, 0.2) is 0 Å². The second kappa shape index (κ2) is 7.98. The number of ether oxygens (including phenoxy) is 2. The highest BCUT2D eigenvalue weighted by molar-refractivity contribution is 6.03. The molecular weight excluding hydrogens is 332 g/mol. The van der Waals surface area contributed by atoms with Gasteiger partial charge in [-0.15, -0.1) is 0 Å². The lowest BCUT2D eigenvalue weighted by Crippen LogP contribution is -2.13. The van der Waals surface area contributed by atoms with Gasteiger partial charge in [-0.3, -0.25) is 4.79 Å². The van der Waals surface area contributed by atoms with Crippen molar-refractivity contribution >= 4 is 23.2 Å². The average Bonchev–Trinajstić information content (AvgIpc) is 2.69. The zero-order valence-corrected chi connectivity index (χ0v) is 14.4. The lowest BCUT2D eigenvalue weighted by Gasteiger charge is -2.08. The monoisotopic (exact) mass is 350 g/mol. The topological polar surface area (TPSA) is 85.4 Å². The summed E-state index contributed by atoms with van der Waals surface area (Å²) in [7, 11) is 3.20. The lowest BCUT2D eigenvalue weighted by molar-refractivity contribution is 0.102. The van der Waals surface area contributed by atoms with Crippen LogP contribution in [-0.4, -0.2) is 30.1 Å². The molecule has 7 heteroatoms. The third-order valence-electron chi connectivity index (χ3n) is 3.61. The van der Waals surface area contributed by atoms with Gasteiger partial charge in [-0.25, -0.2) is 9.97 Å². The number of anilines is 3. The van der Waals surface area contributed by atoms with Crippen LogP contribution in [0.5, 0.6) is 11.5 Å². The number of hydrogen-bond acceptors (Lipinski definition) is 6. The molecular formula is C19H18N4O3. The molecule has 26 heavy (non-hydrogen) atoms. The van der Waals surface area contributed by atoms with Crippen molar-refractivity contribution in [1.29, 1.82) is 0 Å². The number of carbonyl (C=O) groups excluding carboxylic acids is 1. The molecule has 2 aromatic carbocycles. The van der Waals surface area contributed by atoms with E-state index in [1.165, 1.54) is 12.4 Å². The molecule has 7 nitrogen and oxygen atoms in total. The van der Waals surface area contributed by atoms with Crippen LogP contribution in [0.3, 0.4) is 0 Å². The number of nitrogens with zero attached hydrogens (tertiary/aromatic N) is 2. The van der Waals surface area contributed by atoms with Crippen molar-refractivity contribution in [3.63, 3.8) is 0 Å². The molecule has 132 valence electrons. The van der Waals surface area contributed by atoms with Gasteiger partial charge in [0.2, 0.25) is 5.95 Å². The molecule has 2 N–H and O–H groups in total. The van der Waals surface area contributed by atoms with Crippen LogP contribution in [0.25, 0.3) is 0 Å². The van der Waals surface area contributed by atoms with Gasteiger partial charge in [-0.05, 0) is 48.5 Å². The summed E-state index contributed by atoms with van der Waals surface area (Å²) in [5.41, 5.74) is 1.85. The van der Waals surface area contributed by atoms with Crippen LogP contribution in [0.4, 0.5) is 17.3 Å². The molecule has 1 aromatic heterocycles. The van der Waals surface area contributed by atoms with Gasteiger partial charge >= 0.3 is 0 Å². The van der Waals surface area contributed by atoms with E-state index < -0.39 is 0 Å². The van der Waals surface area contributed by atoms with Crippen LogP contribution in [0.2, 0.25) is 0 Å². The van der Waals surface area contributed by atoms with E-state index in [1.54, 1.807) is 38.5 Å². The minimum atomic E-state index is -0.286. The van der Waals surface area contributed by atoms with Crippen LogP contribution in [0.15, 0.2) is 60.9 Å². The molecule has 0 saturated carbocycles. The molecule has 0 fully saturated rings. The summed E-state index contributed by atoms with van der Waals surface area (Å²) in [6.07, 6.45) is 2.94. The van der Waals surface area contributed by atoms with E-state index in [1.807, 2.05) is 24.3 Å².